The lowest BCUT2D eigenvalue weighted by Gasteiger charge is -2.19. The first-order chi connectivity index (χ1) is 9.64. The van der Waals surface area contributed by atoms with Crippen LogP contribution in [0.1, 0.15) is 10.4 Å². The van der Waals surface area contributed by atoms with E-state index in [4.69, 9.17) is 16.6 Å². The number of sulfonamides is 1. The molecule has 0 spiro atoms. The van der Waals surface area contributed by atoms with Gasteiger partial charge in [-0.15, -0.1) is 0 Å². The number of nitrogens with zero attached hydrogens (tertiary/aromatic N) is 1. The highest BCUT2D eigenvalue weighted by atomic mass is 32.2. The van der Waals surface area contributed by atoms with E-state index in [1.54, 1.807) is 0 Å². The zero-order valence-corrected chi connectivity index (χ0v) is 11.5. The van der Waals surface area contributed by atoms with Gasteiger partial charge in [0.1, 0.15) is 0 Å². The number of carboxylic acid groups (broad SMARTS) is 1. The molecule has 5 N–H and O–H groups in total. The van der Waals surface area contributed by atoms with E-state index in [0.29, 0.717) is 4.31 Å². The first kappa shape index (κ1) is 16.6. The number of carbonyl (C=O) groups excluding carboxylic acids is 2. The summed E-state index contributed by atoms with van der Waals surface area (Å²) in [4.78, 5) is 32.3. The quantitative estimate of drug-likeness (QED) is 0.546. The molecule has 1 rings (SSSR count). The summed E-state index contributed by atoms with van der Waals surface area (Å²) in [5.74, 6) is -3.27. The summed E-state index contributed by atoms with van der Waals surface area (Å²) >= 11 is 0. The predicted octanol–water partition coefficient (Wildman–Crippen LogP) is -1.65. The number of amides is 2. The van der Waals surface area contributed by atoms with Crippen LogP contribution in [0.2, 0.25) is 0 Å². The van der Waals surface area contributed by atoms with E-state index in [1.807, 2.05) is 0 Å². The van der Waals surface area contributed by atoms with E-state index < -0.39 is 40.9 Å². The zero-order valence-electron chi connectivity index (χ0n) is 10.7. The molecule has 0 bridgehead atoms. The van der Waals surface area contributed by atoms with Gasteiger partial charge in [0.15, 0.2) is 0 Å². The highest BCUT2D eigenvalue weighted by Crippen LogP contribution is 2.17. The lowest BCUT2D eigenvalue weighted by atomic mass is 10.2. The average molecular weight is 315 g/mol. The molecule has 0 unspecified atom stereocenters. The van der Waals surface area contributed by atoms with Crippen molar-refractivity contribution in [2.45, 2.75) is 4.90 Å². The smallest absolute Gasteiger partial charge is 0.335 e. The van der Waals surface area contributed by atoms with Crippen LogP contribution in [0.5, 0.6) is 0 Å². The Bertz CT molecular complexity index is 669. The van der Waals surface area contributed by atoms with Crippen LogP contribution < -0.4 is 11.5 Å². The van der Waals surface area contributed by atoms with Gasteiger partial charge in [-0.1, -0.05) is 6.07 Å². The van der Waals surface area contributed by atoms with Gasteiger partial charge < -0.3 is 16.6 Å². The van der Waals surface area contributed by atoms with E-state index in [9.17, 15) is 22.8 Å². The molecular formula is C11H13N3O6S. The maximum Gasteiger partial charge on any atom is 0.335 e. The van der Waals surface area contributed by atoms with Crippen molar-refractivity contribution >= 4 is 27.8 Å². The third-order valence-electron chi connectivity index (χ3n) is 2.38. The van der Waals surface area contributed by atoms with Crippen LogP contribution in [0.4, 0.5) is 0 Å². The van der Waals surface area contributed by atoms with Crippen LogP contribution in [0.15, 0.2) is 29.2 Å². The molecule has 0 fully saturated rings. The summed E-state index contributed by atoms with van der Waals surface area (Å²) < 4.78 is 25.1. The molecule has 0 aliphatic rings. The van der Waals surface area contributed by atoms with Crippen LogP contribution >= 0.6 is 0 Å². The van der Waals surface area contributed by atoms with Crippen molar-refractivity contribution in [3.05, 3.63) is 29.8 Å². The number of benzene rings is 1. The second-order valence-corrected chi connectivity index (χ2v) is 5.98. The van der Waals surface area contributed by atoms with Crippen LogP contribution in [-0.2, 0) is 19.6 Å². The Balaban J connectivity index is 3.27. The molecule has 0 aliphatic heterocycles. The summed E-state index contributed by atoms with van der Waals surface area (Å²) in [5, 5.41) is 8.85. The van der Waals surface area contributed by atoms with E-state index in [-0.39, 0.29) is 10.5 Å². The first-order valence-electron chi connectivity index (χ1n) is 5.54. The molecule has 0 aromatic heterocycles. The molecule has 0 atom stereocenters. The molecule has 0 radical (unpaired) electrons. The third-order valence-corrected chi connectivity index (χ3v) is 4.17. The Morgan fingerprint density at radius 1 is 1.10 bits per heavy atom. The minimum absolute atomic E-state index is 0.255. The SMILES string of the molecule is NC(=O)CN(CC(N)=O)S(=O)(=O)c1cccc(C(=O)O)c1. The fourth-order valence-corrected chi connectivity index (χ4v) is 2.93. The molecule has 2 amide bonds. The molecule has 21 heavy (non-hydrogen) atoms. The molecule has 10 heteroatoms. The molecule has 1 aromatic rings. The van der Waals surface area contributed by atoms with Crippen LogP contribution in [-0.4, -0.2) is 48.7 Å². The van der Waals surface area contributed by atoms with Gasteiger partial charge in [-0.3, -0.25) is 9.59 Å². The Kier molecular flexibility index (Phi) is 5.00. The minimum atomic E-state index is -4.28. The summed E-state index contributed by atoms with van der Waals surface area (Å²) in [5.41, 5.74) is 9.61. The van der Waals surface area contributed by atoms with Gasteiger partial charge in [0.05, 0.1) is 23.5 Å². The van der Waals surface area contributed by atoms with Crippen molar-refractivity contribution in [1.29, 1.82) is 0 Å². The Labute approximate surface area is 120 Å². The number of carbonyl (C=O) groups is 3. The monoisotopic (exact) mass is 315 g/mol. The predicted molar refractivity (Wildman–Crippen MR) is 70.5 cm³/mol. The van der Waals surface area contributed by atoms with Crippen LogP contribution in [0.25, 0.3) is 0 Å². The third kappa shape index (κ3) is 4.26. The fraction of sp³-hybridized carbons (Fsp3) is 0.182. The standard InChI is InChI=1S/C11H13N3O6S/c12-9(15)5-14(6-10(13)16)21(19,20)8-3-1-2-7(4-8)11(17)18/h1-4H,5-6H2,(H2,12,15)(H2,13,16)(H,17,18). The fourth-order valence-electron chi connectivity index (χ4n) is 1.51. The normalized spacial score (nSPS) is 11.3. The lowest BCUT2D eigenvalue weighted by molar-refractivity contribution is -0.120. The van der Waals surface area contributed by atoms with Crippen molar-refractivity contribution in [2.24, 2.45) is 11.5 Å². The van der Waals surface area contributed by atoms with Crippen molar-refractivity contribution in [3.63, 3.8) is 0 Å². The van der Waals surface area contributed by atoms with Gasteiger partial charge in [-0.05, 0) is 18.2 Å². The van der Waals surface area contributed by atoms with E-state index in [2.05, 4.69) is 0 Å². The Morgan fingerprint density at radius 2 is 1.62 bits per heavy atom. The number of carboxylic acids is 1. The van der Waals surface area contributed by atoms with Gasteiger partial charge in [0, 0.05) is 0 Å². The number of hydrogen-bond donors (Lipinski definition) is 3. The molecule has 0 heterocycles. The lowest BCUT2D eigenvalue weighted by Crippen LogP contribution is -2.43. The number of primary amides is 2. The maximum absolute atomic E-state index is 12.3. The van der Waals surface area contributed by atoms with Crippen molar-refractivity contribution in [2.75, 3.05) is 13.1 Å². The number of nitrogens with two attached hydrogens (primary N) is 2. The van der Waals surface area contributed by atoms with E-state index in [0.717, 1.165) is 12.1 Å². The minimum Gasteiger partial charge on any atom is -0.478 e. The summed E-state index contributed by atoms with van der Waals surface area (Å²) in [7, 11) is -4.28. The molecule has 114 valence electrons. The van der Waals surface area contributed by atoms with E-state index in [1.165, 1.54) is 12.1 Å². The second kappa shape index (κ2) is 6.33. The van der Waals surface area contributed by atoms with Crippen LogP contribution in [0.3, 0.4) is 0 Å². The highest BCUT2D eigenvalue weighted by Gasteiger charge is 2.28. The molecule has 0 saturated carbocycles. The molecular weight excluding hydrogens is 302 g/mol. The molecule has 9 nitrogen and oxygen atoms in total. The first-order valence-corrected chi connectivity index (χ1v) is 6.98. The summed E-state index contributed by atoms with van der Waals surface area (Å²) in [6.45, 7) is -1.49. The van der Waals surface area contributed by atoms with E-state index >= 15 is 0 Å². The zero-order chi connectivity index (χ0) is 16.2. The van der Waals surface area contributed by atoms with Gasteiger partial charge in [0.25, 0.3) is 0 Å². The highest BCUT2D eigenvalue weighted by molar-refractivity contribution is 7.89. The maximum atomic E-state index is 12.3. The van der Waals surface area contributed by atoms with Gasteiger partial charge >= 0.3 is 5.97 Å². The van der Waals surface area contributed by atoms with Gasteiger partial charge in [0.2, 0.25) is 21.8 Å². The molecule has 0 saturated heterocycles. The topological polar surface area (TPSA) is 161 Å². The average Bonchev–Trinajstić information content (AvgIpc) is 2.37. The second-order valence-electron chi connectivity index (χ2n) is 4.04. The number of rotatable bonds is 7. The Hall–Kier alpha value is -2.46. The molecule has 1 aromatic carbocycles. The summed E-state index contributed by atoms with van der Waals surface area (Å²) in [6, 6.07) is 4.47. The Morgan fingerprint density at radius 3 is 2.05 bits per heavy atom. The number of hydrogen-bond acceptors (Lipinski definition) is 5. The largest absolute Gasteiger partial charge is 0.478 e. The van der Waals surface area contributed by atoms with Gasteiger partial charge in [-0.2, -0.15) is 4.31 Å². The summed E-state index contributed by atoms with van der Waals surface area (Å²) in [6.07, 6.45) is 0. The molecule has 0 aliphatic carbocycles. The van der Waals surface area contributed by atoms with Gasteiger partial charge in [-0.25, -0.2) is 13.2 Å². The van der Waals surface area contributed by atoms with Crippen molar-refractivity contribution in [3.8, 4) is 0 Å². The number of aromatic carboxylic acids is 1. The van der Waals surface area contributed by atoms with Crippen LogP contribution in [0, 0.1) is 0 Å². The van der Waals surface area contributed by atoms with Crippen molar-refractivity contribution in [1.82, 2.24) is 4.31 Å². The van der Waals surface area contributed by atoms with Crippen molar-refractivity contribution < 1.29 is 27.9 Å².